The lowest BCUT2D eigenvalue weighted by molar-refractivity contribution is 0.0518. The Kier molecular flexibility index (Phi) is 6.77. The molecule has 0 aliphatic heterocycles. The van der Waals surface area contributed by atoms with Crippen molar-refractivity contribution < 1.29 is 23.0 Å². The number of nitrogens with zero attached hydrogens (tertiary/aromatic N) is 2. The molecule has 1 aliphatic carbocycles. The summed E-state index contributed by atoms with van der Waals surface area (Å²) in [7, 11) is 0. The average molecular weight is 450 g/mol. The number of esters is 1. The summed E-state index contributed by atoms with van der Waals surface area (Å²) in [6.07, 6.45) is 5.57. The molecule has 5 nitrogen and oxygen atoms in total. The standard InChI is InChI=1S/C26H24F2N2O3/c1-3-32-26(31)24-14-29-13-23(30-24)20-6-4-5-19(20)21-11-16(2)7-10-25(21)33-15-17-8-9-18(27)12-22(17)28/h7-14H,3-6,15H2,1-2H3. The summed E-state index contributed by atoms with van der Waals surface area (Å²) in [5.41, 5.74) is 5.08. The predicted molar refractivity (Wildman–Crippen MR) is 121 cm³/mol. The van der Waals surface area contributed by atoms with Gasteiger partial charge in [-0.25, -0.2) is 18.6 Å². The van der Waals surface area contributed by atoms with E-state index in [1.54, 1.807) is 13.1 Å². The van der Waals surface area contributed by atoms with Crippen LogP contribution in [0.1, 0.15) is 59.1 Å². The molecular formula is C26H24F2N2O3. The van der Waals surface area contributed by atoms with Crippen molar-refractivity contribution in [3.8, 4) is 5.75 Å². The van der Waals surface area contributed by atoms with E-state index in [9.17, 15) is 13.6 Å². The van der Waals surface area contributed by atoms with E-state index in [1.165, 1.54) is 18.3 Å². The van der Waals surface area contributed by atoms with Gasteiger partial charge in [-0.3, -0.25) is 4.98 Å². The van der Waals surface area contributed by atoms with Gasteiger partial charge in [0, 0.05) is 17.2 Å². The first kappa shape index (κ1) is 22.6. The Morgan fingerprint density at radius 1 is 1.06 bits per heavy atom. The number of aryl methyl sites for hydroxylation is 1. The fourth-order valence-electron chi connectivity index (χ4n) is 3.94. The molecule has 2 aromatic carbocycles. The van der Waals surface area contributed by atoms with Crippen LogP contribution in [-0.4, -0.2) is 22.5 Å². The lowest BCUT2D eigenvalue weighted by Gasteiger charge is -2.15. The maximum atomic E-state index is 14.1. The van der Waals surface area contributed by atoms with Gasteiger partial charge < -0.3 is 9.47 Å². The first-order valence-corrected chi connectivity index (χ1v) is 10.9. The third kappa shape index (κ3) is 5.08. The molecule has 0 saturated heterocycles. The number of hydrogen-bond donors (Lipinski definition) is 0. The molecule has 0 radical (unpaired) electrons. The third-order valence-corrected chi connectivity index (χ3v) is 5.50. The van der Waals surface area contributed by atoms with E-state index in [0.717, 1.165) is 47.6 Å². The second-order valence-electron chi connectivity index (χ2n) is 7.84. The highest BCUT2D eigenvalue weighted by Gasteiger charge is 2.23. The molecule has 4 rings (SSSR count). The lowest BCUT2D eigenvalue weighted by Crippen LogP contribution is -2.09. The van der Waals surface area contributed by atoms with Crippen LogP contribution >= 0.6 is 0 Å². The van der Waals surface area contributed by atoms with Crippen LogP contribution in [0.2, 0.25) is 0 Å². The minimum Gasteiger partial charge on any atom is -0.488 e. The molecule has 7 heteroatoms. The molecular weight excluding hydrogens is 426 g/mol. The zero-order valence-corrected chi connectivity index (χ0v) is 18.5. The molecule has 0 atom stereocenters. The highest BCUT2D eigenvalue weighted by molar-refractivity contribution is 5.94. The summed E-state index contributed by atoms with van der Waals surface area (Å²) in [5, 5.41) is 0. The summed E-state index contributed by atoms with van der Waals surface area (Å²) in [6.45, 7) is 3.97. The number of aromatic nitrogens is 2. The van der Waals surface area contributed by atoms with E-state index in [0.29, 0.717) is 11.4 Å². The van der Waals surface area contributed by atoms with Crippen molar-refractivity contribution in [3.05, 3.63) is 88.5 Å². The highest BCUT2D eigenvalue weighted by atomic mass is 19.1. The Bertz CT molecular complexity index is 1220. The van der Waals surface area contributed by atoms with Crippen molar-refractivity contribution in [2.45, 2.75) is 39.7 Å². The Morgan fingerprint density at radius 3 is 2.67 bits per heavy atom. The van der Waals surface area contributed by atoms with Gasteiger partial charge in [-0.05, 0) is 68.5 Å². The number of carbonyl (C=O) groups is 1. The molecule has 1 aromatic heterocycles. The number of rotatable bonds is 7. The van der Waals surface area contributed by atoms with E-state index < -0.39 is 17.6 Å². The summed E-state index contributed by atoms with van der Waals surface area (Å²) in [6, 6.07) is 9.26. The summed E-state index contributed by atoms with van der Waals surface area (Å²) < 4.78 is 38.3. The Labute approximate surface area is 191 Å². The van der Waals surface area contributed by atoms with E-state index in [2.05, 4.69) is 9.97 Å². The topological polar surface area (TPSA) is 61.3 Å². The van der Waals surface area contributed by atoms with Crippen molar-refractivity contribution in [2.75, 3.05) is 6.61 Å². The van der Waals surface area contributed by atoms with Gasteiger partial charge in [0.1, 0.15) is 24.0 Å². The Hall–Kier alpha value is -3.61. The van der Waals surface area contributed by atoms with Gasteiger partial charge in [0.15, 0.2) is 5.69 Å². The van der Waals surface area contributed by atoms with E-state index in [-0.39, 0.29) is 24.5 Å². The van der Waals surface area contributed by atoms with Gasteiger partial charge in [0.05, 0.1) is 24.7 Å². The van der Waals surface area contributed by atoms with Crippen LogP contribution in [-0.2, 0) is 11.3 Å². The maximum Gasteiger partial charge on any atom is 0.358 e. The van der Waals surface area contributed by atoms with Crippen LogP contribution in [0, 0.1) is 18.6 Å². The van der Waals surface area contributed by atoms with Gasteiger partial charge in [0.2, 0.25) is 0 Å². The summed E-state index contributed by atoms with van der Waals surface area (Å²) in [4.78, 5) is 20.8. The maximum absolute atomic E-state index is 14.1. The molecule has 33 heavy (non-hydrogen) atoms. The molecule has 1 aliphatic rings. The monoisotopic (exact) mass is 450 g/mol. The van der Waals surface area contributed by atoms with Gasteiger partial charge >= 0.3 is 5.97 Å². The minimum atomic E-state index is -0.643. The molecule has 0 saturated carbocycles. The van der Waals surface area contributed by atoms with Crippen LogP contribution in [0.15, 0.2) is 48.8 Å². The molecule has 0 unspecified atom stereocenters. The predicted octanol–water partition coefficient (Wildman–Crippen LogP) is 5.91. The third-order valence-electron chi connectivity index (χ3n) is 5.50. The van der Waals surface area contributed by atoms with Crippen LogP contribution < -0.4 is 4.74 Å². The number of benzene rings is 2. The van der Waals surface area contributed by atoms with Gasteiger partial charge in [-0.15, -0.1) is 0 Å². The number of allylic oxidation sites excluding steroid dienone is 2. The van der Waals surface area contributed by atoms with Crippen LogP contribution in [0.4, 0.5) is 8.78 Å². The smallest absolute Gasteiger partial charge is 0.358 e. The van der Waals surface area contributed by atoms with E-state index >= 15 is 0 Å². The second kappa shape index (κ2) is 9.90. The quantitative estimate of drug-likeness (QED) is 0.419. The zero-order valence-electron chi connectivity index (χ0n) is 18.5. The molecule has 0 N–H and O–H groups in total. The molecule has 0 fully saturated rings. The molecule has 0 bridgehead atoms. The Balaban J connectivity index is 1.69. The average Bonchev–Trinajstić information content (AvgIpc) is 3.29. The van der Waals surface area contributed by atoms with Gasteiger partial charge in [0.25, 0.3) is 0 Å². The first-order valence-electron chi connectivity index (χ1n) is 10.9. The van der Waals surface area contributed by atoms with Crippen molar-refractivity contribution in [3.63, 3.8) is 0 Å². The summed E-state index contributed by atoms with van der Waals surface area (Å²) in [5.74, 6) is -1.17. The molecule has 0 spiro atoms. The Morgan fingerprint density at radius 2 is 1.88 bits per heavy atom. The van der Waals surface area contributed by atoms with Crippen LogP contribution in [0.25, 0.3) is 11.1 Å². The minimum absolute atomic E-state index is 0.0249. The molecule has 3 aromatic rings. The largest absolute Gasteiger partial charge is 0.488 e. The second-order valence-corrected chi connectivity index (χ2v) is 7.84. The molecule has 170 valence electrons. The number of hydrogen-bond acceptors (Lipinski definition) is 5. The van der Waals surface area contributed by atoms with E-state index in [4.69, 9.17) is 9.47 Å². The van der Waals surface area contributed by atoms with Crippen LogP contribution in [0.5, 0.6) is 5.75 Å². The zero-order chi connectivity index (χ0) is 23.4. The SMILES string of the molecule is CCOC(=O)c1cncc(C2=C(c3cc(C)ccc3OCc3ccc(F)cc3F)CCC2)n1. The van der Waals surface area contributed by atoms with Crippen molar-refractivity contribution >= 4 is 17.1 Å². The fraction of sp³-hybridized carbons (Fsp3) is 0.269. The fourth-order valence-corrected chi connectivity index (χ4v) is 3.94. The normalized spacial score (nSPS) is 13.3. The summed E-state index contributed by atoms with van der Waals surface area (Å²) >= 11 is 0. The molecule has 0 amide bonds. The van der Waals surface area contributed by atoms with Gasteiger partial charge in [-0.2, -0.15) is 0 Å². The van der Waals surface area contributed by atoms with Crippen molar-refractivity contribution in [1.29, 1.82) is 0 Å². The van der Waals surface area contributed by atoms with Gasteiger partial charge in [-0.1, -0.05) is 11.6 Å². The number of carbonyl (C=O) groups excluding carboxylic acids is 1. The number of halogens is 2. The number of ether oxygens (including phenoxy) is 2. The molecule has 1 heterocycles. The highest BCUT2D eigenvalue weighted by Crippen LogP contribution is 2.42. The van der Waals surface area contributed by atoms with Crippen LogP contribution in [0.3, 0.4) is 0 Å². The van der Waals surface area contributed by atoms with E-state index in [1.807, 2.05) is 25.1 Å². The first-order chi connectivity index (χ1) is 16.0. The lowest BCUT2D eigenvalue weighted by atomic mass is 9.97. The van der Waals surface area contributed by atoms with Crippen molar-refractivity contribution in [1.82, 2.24) is 9.97 Å². The van der Waals surface area contributed by atoms with Crippen molar-refractivity contribution in [2.24, 2.45) is 0 Å².